The number of carbonyl (C=O) groups is 1. The molecule has 0 amide bonds. The number of ether oxygens (including phenoxy) is 2. The van der Waals surface area contributed by atoms with Crippen molar-refractivity contribution in [3.05, 3.63) is 82.0 Å². The number of nitrogens with one attached hydrogen (secondary N) is 1. The van der Waals surface area contributed by atoms with E-state index in [2.05, 4.69) is 30.1 Å². The minimum atomic E-state index is -2.92. The van der Waals surface area contributed by atoms with E-state index >= 15 is 0 Å². The highest BCUT2D eigenvalue weighted by Gasteiger charge is 2.30. The third-order valence-electron chi connectivity index (χ3n) is 10.5. The summed E-state index contributed by atoms with van der Waals surface area (Å²) in [5.74, 6) is -0.390. The third kappa shape index (κ3) is 8.54. The number of benzene rings is 2. The van der Waals surface area contributed by atoms with Crippen LogP contribution in [0.4, 0.5) is 20.3 Å². The lowest BCUT2D eigenvalue weighted by molar-refractivity contribution is -0.146. The van der Waals surface area contributed by atoms with Crippen molar-refractivity contribution in [2.45, 2.75) is 63.8 Å². The van der Waals surface area contributed by atoms with Gasteiger partial charge in [0.15, 0.2) is 11.6 Å². The summed E-state index contributed by atoms with van der Waals surface area (Å²) >= 11 is 14.1. The van der Waals surface area contributed by atoms with Crippen molar-refractivity contribution in [3.8, 4) is 28.3 Å². The fourth-order valence-electron chi connectivity index (χ4n) is 7.55. The fraction of sp³-hybridized carbons (Fsp3) is 0.400. The molecule has 1 saturated carbocycles. The molecule has 0 bridgehead atoms. The predicted molar refractivity (Wildman–Crippen MR) is 210 cm³/mol. The lowest BCUT2D eigenvalue weighted by atomic mass is 9.85. The molecule has 1 aliphatic carbocycles. The Morgan fingerprint density at radius 2 is 1.71 bits per heavy atom. The third-order valence-corrected chi connectivity index (χ3v) is 11.3. The molecular formula is C40H42Cl2F2N8O4. The van der Waals surface area contributed by atoms with Gasteiger partial charge in [-0.15, -0.1) is 0 Å². The molecule has 2 fully saturated rings. The summed E-state index contributed by atoms with van der Waals surface area (Å²) in [6, 6.07) is 12.8. The number of anilines is 2. The average molecular weight is 808 g/mol. The number of pyridine rings is 1. The number of likely N-dealkylation sites (tertiary alicyclic amines) is 1. The SMILES string of the molecule is COC(=O)C1CCC(N(C)Cc2ncc(-c3cccc(-c4cccc(Nc5nc(C(F)F)nc6cc(CN7CC[C@@H](O)C7)cnc56)c4Cl)c3Cl)nc2OC)CC1. The minimum Gasteiger partial charge on any atom is -0.480 e. The number of fused-ring (bicyclic) bond motifs is 1. The molecule has 3 aromatic heterocycles. The molecule has 0 spiro atoms. The van der Waals surface area contributed by atoms with Gasteiger partial charge in [0.2, 0.25) is 5.88 Å². The number of rotatable bonds is 12. The summed E-state index contributed by atoms with van der Waals surface area (Å²) in [4.78, 5) is 38.6. The minimum absolute atomic E-state index is 0.0546. The zero-order valence-electron chi connectivity index (χ0n) is 31.2. The topological polar surface area (TPSA) is 139 Å². The van der Waals surface area contributed by atoms with Gasteiger partial charge in [0.05, 0.1) is 59.4 Å². The van der Waals surface area contributed by atoms with Gasteiger partial charge in [0, 0.05) is 55.1 Å². The number of β-amino-alcohol motifs (C(OH)–C–C–N with tert-alkyl or cyclic N) is 1. The summed E-state index contributed by atoms with van der Waals surface area (Å²) in [5.41, 5.74) is 4.72. The Bertz CT molecular complexity index is 2230. The van der Waals surface area contributed by atoms with Crippen LogP contribution in [0.1, 0.15) is 55.6 Å². The van der Waals surface area contributed by atoms with Gasteiger partial charge in [0.1, 0.15) is 11.2 Å². The van der Waals surface area contributed by atoms with Crippen LogP contribution < -0.4 is 10.1 Å². The number of halogens is 4. The molecule has 2 N–H and O–H groups in total. The molecule has 1 aliphatic heterocycles. The van der Waals surface area contributed by atoms with Crippen molar-refractivity contribution in [2.24, 2.45) is 5.92 Å². The first-order chi connectivity index (χ1) is 27.0. The molecule has 0 unspecified atom stereocenters. The Morgan fingerprint density at radius 3 is 2.41 bits per heavy atom. The second kappa shape index (κ2) is 17.3. The van der Waals surface area contributed by atoms with E-state index in [1.807, 2.05) is 31.3 Å². The largest absolute Gasteiger partial charge is 0.480 e. The highest BCUT2D eigenvalue weighted by molar-refractivity contribution is 6.39. The van der Waals surface area contributed by atoms with Crippen molar-refractivity contribution in [3.63, 3.8) is 0 Å². The Balaban J connectivity index is 1.13. The van der Waals surface area contributed by atoms with E-state index in [1.165, 1.54) is 7.11 Å². The predicted octanol–water partition coefficient (Wildman–Crippen LogP) is 7.88. The zero-order valence-corrected chi connectivity index (χ0v) is 32.7. The average Bonchev–Trinajstić information content (AvgIpc) is 3.62. The number of alkyl halides is 2. The lowest BCUT2D eigenvalue weighted by Crippen LogP contribution is -2.36. The summed E-state index contributed by atoms with van der Waals surface area (Å²) in [7, 11) is 5.02. The van der Waals surface area contributed by atoms with Crippen molar-refractivity contribution >= 4 is 51.7 Å². The van der Waals surface area contributed by atoms with Crippen LogP contribution in [0, 0.1) is 5.92 Å². The second-order valence-corrected chi connectivity index (χ2v) is 15.0. The lowest BCUT2D eigenvalue weighted by Gasteiger charge is -2.33. The number of methoxy groups -OCH3 is 2. The highest BCUT2D eigenvalue weighted by atomic mass is 35.5. The van der Waals surface area contributed by atoms with Crippen LogP contribution in [-0.2, 0) is 22.6 Å². The molecule has 0 radical (unpaired) electrons. The maximum absolute atomic E-state index is 14.0. The van der Waals surface area contributed by atoms with Gasteiger partial charge in [-0.2, -0.15) is 0 Å². The van der Waals surface area contributed by atoms with Crippen molar-refractivity contribution in [1.82, 2.24) is 34.7 Å². The van der Waals surface area contributed by atoms with E-state index in [1.54, 1.807) is 37.7 Å². The van der Waals surface area contributed by atoms with E-state index in [4.69, 9.17) is 42.6 Å². The van der Waals surface area contributed by atoms with Crippen molar-refractivity contribution in [1.29, 1.82) is 0 Å². The first kappa shape index (κ1) is 39.6. The van der Waals surface area contributed by atoms with Crippen LogP contribution in [0.5, 0.6) is 5.88 Å². The molecule has 294 valence electrons. The van der Waals surface area contributed by atoms with Crippen molar-refractivity contribution < 1.29 is 28.2 Å². The Hall–Kier alpha value is -4.60. The van der Waals surface area contributed by atoms with Gasteiger partial charge < -0.3 is 19.9 Å². The van der Waals surface area contributed by atoms with Gasteiger partial charge in [-0.25, -0.2) is 23.7 Å². The number of nitrogens with zero attached hydrogens (tertiary/aromatic N) is 7. The van der Waals surface area contributed by atoms with Crippen LogP contribution in [0.15, 0.2) is 54.9 Å². The van der Waals surface area contributed by atoms with Crippen LogP contribution in [0.2, 0.25) is 10.0 Å². The Morgan fingerprint density at radius 1 is 0.982 bits per heavy atom. The van der Waals surface area contributed by atoms with Crippen LogP contribution in [0.3, 0.4) is 0 Å². The van der Waals surface area contributed by atoms with Crippen LogP contribution in [0.25, 0.3) is 33.4 Å². The monoisotopic (exact) mass is 806 g/mol. The number of esters is 1. The van der Waals surface area contributed by atoms with E-state index in [0.717, 1.165) is 37.8 Å². The smallest absolute Gasteiger partial charge is 0.308 e. The molecule has 7 rings (SSSR count). The molecule has 16 heteroatoms. The molecule has 56 heavy (non-hydrogen) atoms. The summed E-state index contributed by atoms with van der Waals surface area (Å²) < 4.78 is 38.7. The van der Waals surface area contributed by atoms with E-state index < -0.39 is 12.2 Å². The molecule has 1 atom stereocenters. The molecule has 1 saturated heterocycles. The standard InChI is InChI=1S/C40H42Cl2F2N8O4/c1-51(24-12-10-23(11-13-24)40(54)56-3)21-32-39(55-2)49-31(18-45-32)28-8-4-6-26(33(28)41)27-7-5-9-29(34(27)42)47-37-35-30(48-38(50-37)36(43)44)16-22(17-46-35)19-52-15-14-25(53)20-52/h4-9,16-18,23-25,36,53H,10-15,19-21H2,1-3H3,(H,47,48,50)/t23?,24?,25-/m1/s1. The van der Waals surface area contributed by atoms with Crippen LogP contribution in [-0.4, -0.2) is 92.3 Å². The first-order valence-corrected chi connectivity index (χ1v) is 19.2. The van der Waals surface area contributed by atoms with Gasteiger partial charge in [0.25, 0.3) is 6.43 Å². The zero-order chi connectivity index (χ0) is 39.5. The molecule has 12 nitrogen and oxygen atoms in total. The van der Waals surface area contributed by atoms with E-state index in [-0.39, 0.29) is 40.4 Å². The van der Waals surface area contributed by atoms with Crippen molar-refractivity contribution in [2.75, 3.05) is 39.7 Å². The summed E-state index contributed by atoms with van der Waals surface area (Å²) in [6.45, 7) is 2.28. The quantitative estimate of drug-likeness (QED) is 0.119. The fourth-order valence-corrected chi connectivity index (χ4v) is 8.15. The Labute approximate surface area is 333 Å². The first-order valence-electron chi connectivity index (χ1n) is 18.4. The summed E-state index contributed by atoms with van der Waals surface area (Å²) in [5, 5.41) is 13.7. The number of aliphatic hydroxyl groups excluding tert-OH is 1. The molecular weight excluding hydrogens is 765 g/mol. The molecule has 5 aromatic rings. The Kier molecular flexibility index (Phi) is 12.2. The number of carbonyl (C=O) groups excluding carboxylic acids is 1. The van der Waals surface area contributed by atoms with Gasteiger partial charge >= 0.3 is 5.97 Å². The highest BCUT2D eigenvalue weighted by Crippen LogP contribution is 2.42. The van der Waals surface area contributed by atoms with E-state index in [0.29, 0.717) is 76.2 Å². The normalized spacial score (nSPS) is 18.9. The number of aliphatic hydroxyl groups is 1. The van der Waals surface area contributed by atoms with Gasteiger partial charge in [-0.05, 0) is 56.8 Å². The van der Waals surface area contributed by atoms with Gasteiger partial charge in [-0.3, -0.25) is 24.6 Å². The number of aromatic nitrogens is 5. The molecule has 4 heterocycles. The second-order valence-electron chi connectivity index (χ2n) is 14.2. The number of hydrogen-bond acceptors (Lipinski definition) is 12. The maximum Gasteiger partial charge on any atom is 0.308 e. The van der Waals surface area contributed by atoms with Gasteiger partial charge in [-0.1, -0.05) is 53.5 Å². The van der Waals surface area contributed by atoms with E-state index in [9.17, 15) is 18.7 Å². The molecule has 2 aliphatic rings. The molecule has 2 aromatic carbocycles. The maximum atomic E-state index is 14.0. The number of hydrogen-bond donors (Lipinski definition) is 2. The summed E-state index contributed by atoms with van der Waals surface area (Å²) in [6.07, 6.45) is 4.02. The van der Waals surface area contributed by atoms with Crippen LogP contribution >= 0.6 is 23.2 Å².